The smallest absolute Gasteiger partial charge is 0.347 e. The van der Waals surface area contributed by atoms with Gasteiger partial charge in [-0.1, -0.05) is 41.9 Å². The van der Waals surface area contributed by atoms with Crippen LogP contribution in [-0.2, 0) is 28.6 Å². The maximum atomic E-state index is 15.0. The van der Waals surface area contributed by atoms with Gasteiger partial charge in [0.25, 0.3) is 11.8 Å². The van der Waals surface area contributed by atoms with Gasteiger partial charge in [-0.05, 0) is 84.5 Å². The summed E-state index contributed by atoms with van der Waals surface area (Å²) in [5.41, 5.74) is 3.83. The van der Waals surface area contributed by atoms with Gasteiger partial charge in [-0.3, -0.25) is 15.0 Å². The molecule has 7 rings (SSSR count). The summed E-state index contributed by atoms with van der Waals surface area (Å²) in [4.78, 5) is 56.0. The third kappa shape index (κ3) is 3.99. The number of anilines is 1. The molecule has 230 valence electrons. The monoisotopic (exact) mass is 629 g/mol. The summed E-state index contributed by atoms with van der Waals surface area (Å²) in [6.07, 6.45) is 1.92. The van der Waals surface area contributed by atoms with Crippen molar-refractivity contribution in [2.75, 3.05) is 5.43 Å². The van der Waals surface area contributed by atoms with Crippen LogP contribution >= 0.6 is 11.6 Å². The van der Waals surface area contributed by atoms with E-state index in [4.69, 9.17) is 11.6 Å². The molecule has 2 fully saturated rings. The van der Waals surface area contributed by atoms with Crippen molar-refractivity contribution in [2.24, 2.45) is 13.0 Å². The third-order valence-electron chi connectivity index (χ3n) is 9.56. The van der Waals surface area contributed by atoms with Crippen LogP contribution in [0.1, 0.15) is 40.6 Å². The molecule has 1 saturated carbocycles. The number of phenols is 1. The molecule has 2 aliphatic heterocycles. The van der Waals surface area contributed by atoms with Crippen molar-refractivity contribution in [1.29, 1.82) is 0 Å². The average Bonchev–Trinajstić information content (AvgIpc) is 3.37. The van der Waals surface area contributed by atoms with Gasteiger partial charge in [0.2, 0.25) is 0 Å². The number of hydrogen-bond acceptors (Lipinski definition) is 6. The number of allylic oxidation sites excluding steroid dienone is 2. The summed E-state index contributed by atoms with van der Waals surface area (Å²) < 4.78 is 17.5. The van der Waals surface area contributed by atoms with E-state index in [-0.39, 0.29) is 18.7 Å². The Hall–Kier alpha value is -4.90. The molecule has 0 radical (unpaired) electrons. The zero-order valence-corrected chi connectivity index (χ0v) is 25.4. The molecule has 3 aromatic carbocycles. The van der Waals surface area contributed by atoms with Gasteiger partial charge in [0.1, 0.15) is 11.6 Å². The van der Waals surface area contributed by atoms with Crippen LogP contribution in [0.3, 0.4) is 0 Å². The number of aromatic nitrogens is 3. The van der Waals surface area contributed by atoms with Crippen molar-refractivity contribution < 1.29 is 19.1 Å². The molecule has 12 heteroatoms. The molecule has 3 heterocycles. The number of benzene rings is 3. The molecule has 1 aliphatic carbocycles. The van der Waals surface area contributed by atoms with Crippen LogP contribution in [-0.4, -0.2) is 35.9 Å². The number of rotatable bonds is 4. The average molecular weight is 630 g/mol. The second-order valence-electron chi connectivity index (χ2n) is 12.0. The number of phenolic OH excluding ortho intramolecular Hbond substituents is 1. The van der Waals surface area contributed by atoms with Gasteiger partial charge in [0.05, 0.1) is 29.6 Å². The number of halogens is 2. The number of imide groups is 1. The fourth-order valence-electron chi connectivity index (χ4n) is 7.56. The van der Waals surface area contributed by atoms with E-state index >= 15 is 4.79 Å². The van der Waals surface area contributed by atoms with E-state index in [0.717, 1.165) is 9.58 Å². The first-order valence-electron chi connectivity index (χ1n) is 14.5. The van der Waals surface area contributed by atoms with Crippen LogP contribution in [0, 0.1) is 25.6 Å². The Morgan fingerprint density at radius 3 is 2.24 bits per heavy atom. The van der Waals surface area contributed by atoms with Crippen molar-refractivity contribution in [3.63, 3.8) is 0 Å². The van der Waals surface area contributed by atoms with E-state index in [0.29, 0.717) is 38.5 Å². The Balaban J connectivity index is 1.52. The maximum Gasteiger partial charge on any atom is 0.347 e. The molecule has 45 heavy (non-hydrogen) atoms. The zero-order chi connectivity index (χ0) is 31.9. The van der Waals surface area contributed by atoms with Crippen LogP contribution in [0.4, 0.5) is 10.1 Å². The Morgan fingerprint density at radius 1 is 0.956 bits per heavy atom. The number of hydrazine groups is 1. The molecule has 2 N–H and O–H groups in total. The Labute approximate surface area is 261 Å². The van der Waals surface area contributed by atoms with Crippen molar-refractivity contribution in [3.05, 3.63) is 126 Å². The highest BCUT2D eigenvalue weighted by molar-refractivity contribution is 6.30. The molecule has 0 bridgehead atoms. The first-order valence-corrected chi connectivity index (χ1v) is 14.9. The Bertz CT molecular complexity index is 2040. The number of hydrogen-bond donors (Lipinski definition) is 2. The minimum absolute atomic E-state index is 0.0521. The second kappa shape index (κ2) is 10.1. The summed E-state index contributed by atoms with van der Waals surface area (Å²) in [5, 5.41) is 12.1. The van der Waals surface area contributed by atoms with Gasteiger partial charge in [-0.15, -0.1) is 0 Å². The highest BCUT2D eigenvalue weighted by Gasteiger charge is 2.68. The van der Waals surface area contributed by atoms with E-state index in [1.165, 1.54) is 40.7 Å². The molecule has 2 amide bonds. The van der Waals surface area contributed by atoms with Crippen molar-refractivity contribution >= 4 is 29.1 Å². The first kappa shape index (κ1) is 28.8. The van der Waals surface area contributed by atoms with Gasteiger partial charge in [0.15, 0.2) is 0 Å². The van der Waals surface area contributed by atoms with Crippen molar-refractivity contribution in [2.45, 2.75) is 44.2 Å². The van der Waals surface area contributed by atoms with Gasteiger partial charge >= 0.3 is 11.4 Å². The van der Waals surface area contributed by atoms with E-state index in [1.54, 1.807) is 50.2 Å². The molecular formula is C33H29ClFN5O5. The summed E-state index contributed by atoms with van der Waals surface area (Å²) in [5.74, 6) is -3.19. The predicted molar refractivity (Wildman–Crippen MR) is 164 cm³/mol. The van der Waals surface area contributed by atoms with Gasteiger partial charge in [0, 0.05) is 18.0 Å². The summed E-state index contributed by atoms with van der Waals surface area (Å²) >= 11 is 6.30. The number of amides is 2. The number of aryl methyl sites for hydroxylation is 2. The van der Waals surface area contributed by atoms with Gasteiger partial charge < -0.3 is 5.11 Å². The Morgan fingerprint density at radius 2 is 1.60 bits per heavy atom. The van der Waals surface area contributed by atoms with E-state index in [1.807, 2.05) is 6.08 Å². The lowest BCUT2D eigenvalue weighted by Gasteiger charge is -2.49. The van der Waals surface area contributed by atoms with Gasteiger partial charge in [-0.25, -0.2) is 27.9 Å². The highest BCUT2D eigenvalue weighted by atomic mass is 35.5. The maximum absolute atomic E-state index is 15.0. The SMILES string of the molecule is Cc1cc([C@H]2C3=CCn4c(=O)n(C)c(=O)n4[C@@H]3C[C@H]3C(=O)N(Nc4ccc(F)cc4)C(=O)[C@@]23c2ccc(Cl)cc2)cc(C)c1O. The van der Waals surface area contributed by atoms with Crippen molar-refractivity contribution in [1.82, 2.24) is 18.9 Å². The van der Waals surface area contributed by atoms with Crippen LogP contribution in [0.15, 0.2) is 81.9 Å². The van der Waals surface area contributed by atoms with E-state index < -0.39 is 52.3 Å². The topological polar surface area (TPSA) is 119 Å². The number of carbonyl (C=O) groups excluding carboxylic acids is 2. The number of carbonyl (C=O) groups is 2. The molecule has 0 unspecified atom stereocenters. The van der Waals surface area contributed by atoms with Crippen LogP contribution in [0.5, 0.6) is 5.75 Å². The lowest BCUT2D eigenvalue weighted by Crippen LogP contribution is -2.53. The molecule has 4 atom stereocenters. The molecule has 10 nitrogen and oxygen atoms in total. The minimum Gasteiger partial charge on any atom is -0.507 e. The largest absolute Gasteiger partial charge is 0.507 e. The van der Waals surface area contributed by atoms with Crippen molar-refractivity contribution in [3.8, 4) is 5.75 Å². The Kier molecular flexibility index (Phi) is 6.45. The van der Waals surface area contributed by atoms with Crippen LogP contribution in [0.25, 0.3) is 0 Å². The minimum atomic E-state index is -1.51. The predicted octanol–water partition coefficient (Wildman–Crippen LogP) is 4.08. The number of fused-ring (bicyclic) bond motifs is 4. The number of aromatic hydroxyl groups is 1. The molecule has 0 spiro atoms. The fraction of sp³-hybridized carbons (Fsp3) is 0.273. The quantitative estimate of drug-likeness (QED) is 0.259. The van der Waals surface area contributed by atoms with E-state index in [2.05, 4.69) is 5.43 Å². The standard InChI is InChI=1S/C33H29ClFN5O5/c1-17-14-19(15-18(2)28(17)41)27-24-12-13-38-31(44)37(3)32(45)40(38)26(24)16-25-29(42)39(36-23-10-8-22(35)9-11-23)30(43)33(25,27)20-4-6-21(34)7-5-20/h4-12,14-15,25-27,36,41H,13,16H2,1-3H3/t25-,26+,27-,33+/m0/s1. The second-order valence-corrected chi connectivity index (χ2v) is 12.4. The third-order valence-corrected chi connectivity index (χ3v) is 9.81. The summed E-state index contributed by atoms with van der Waals surface area (Å²) in [7, 11) is 1.41. The van der Waals surface area contributed by atoms with Crippen LogP contribution < -0.4 is 16.8 Å². The number of nitrogens with zero attached hydrogens (tertiary/aromatic N) is 4. The van der Waals surface area contributed by atoms with Crippen LogP contribution in [0.2, 0.25) is 5.02 Å². The number of nitrogens with one attached hydrogen (secondary N) is 1. The fourth-order valence-corrected chi connectivity index (χ4v) is 7.68. The normalized spacial score (nSPS) is 23.8. The highest BCUT2D eigenvalue weighted by Crippen LogP contribution is 2.62. The van der Waals surface area contributed by atoms with Gasteiger partial charge in [-0.2, -0.15) is 5.01 Å². The molecule has 1 saturated heterocycles. The zero-order valence-electron chi connectivity index (χ0n) is 24.6. The first-order chi connectivity index (χ1) is 21.4. The van der Waals surface area contributed by atoms with E-state index in [9.17, 15) is 23.9 Å². The molecular weight excluding hydrogens is 601 g/mol. The summed E-state index contributed by atoms with van der Waals surface area (Å²) in [6, 6.07) is 15.0. The lowest BCUT2D eigenvalue weighted by molar-refractivity contribution is -0.138. The molecule has 4 aromatic rings. The molecule has 1 aromatic heterocycles. The molecule has 3 aliphatic rings. The summed E-state index contributed by atoms with van der Waals surface area (Å²) in [6.45, 7) is 3.61. The lowest BCUT2D eigenvalue weighted by atomic mass is 9.53.